The highest BCUT2D eigenvalue weighted by atomic mass is 79.9. The summed E-state index contributed by atoms with van der Waals surface area (Å²) >= 11 is 3.51. The van der Waals surface area contributed by atoms with Gasteiger partial charge < -0.3 is 14.8 Å². The van der Waals surface area contributed by atoms with Crippen molar-refractivity contribution >= 4 is 44.6 Å². The van der Waals surface area contributed by atoms with E-state index in [4.69, 9.17) is 14.5 Å². The summed E-state index contributed by atoms with van der Waals surface area (Å²) in [5.74, 6) is 1.28. The molecule has 1 heterocycles. The molecule has 1 fully saturated rings. The number of hydrogen-bond donors (Lipinski definition) is 1. The Hall–Kier alpha value is -3.98. The predicted octanol–water partition coefficient (Wildman–Crippen LogP) is 6.42. The first-order valence-electron chi connectivity index (χ1n) is 13.4. The quantitative estimate of drug-likeness (QED) is 0.235. The standard InChI is InChI=1S/C31H31BrN4O4/c1-20-10-6-8-14-25(20)34-28(37)19-40-29-22(16-23(32)17-27(29)39-2)18-33-36-30(21-11-4-3-5-12-21)35-26-15-9-7-13-24(26)31(36)38/h6-10,13-18,21H,3-5,11-12,19H2,1-2H3,(H,34,37). The van der Waals surface area contributed by atoms with Crippen LogP contribution in [0.2, 0.25) is 0 Å². The van der Waals surface area contributed by atoms with Gasteiger partial charge in [-0.1, -0.05) is 65.5 Å². The van der Waals surface area contributed by atoms with Gasteiger partial charge in [0, 0.05) is 21.6 Å². The van der Waals surface area contributed by atoms with E-state index in [1.165, 1.54) is 18.2 Å². The van der Waals surface area contributed by atoms with Crippen molar-refractivity contribution in [2.24, 2.45) is 5.10 Å². The van der Waals surface area contributed by atoms with Gasteiger partial charge in [-0.3, -0.25) is 9.59 Å². The normalized spacial score (nSPS) is 14.0. The van der Waals surface area contributed by atoms with Crippen LogP contribution in [-0.2, 0) is 4.79 Å². The number of carbonyl (C=O) groups is 1. The minimum Gasteiger partial charge on any atom is -0.493 e. The summed E-state index contributed by atoms with van der Waals surface area (Å²) in [6, 6.07) is 18.4. The van der Waals surface area contributed by atoms with Crippen LogP contribution < -0.4 is 20.3 Å². The number of nitrogens with one attached hydrogen (secondary N) is 1. The average Bonchev–Trinajstić information content (AvgIpc) is 2.97. The summed E-state index contributed by atoms with van der Waals surface area (Å²) in [5.41, 5.74) is 2.67. The van der Waals surface area contributed by atoms with Gasteiger partial charge in [0.15, 0.2) is 18.1 Å². The fourth-order valence-corrected chi connectivity index (χ4v) is 5.48. The topological polar surface area (TPSA) is 94.8 Å². The molecule has 1 aromatic heterocycles. The van der Waals surface area contributed by atoms with Crippen molar-refractivity contribution < 1.29 is 14.3 Å². The number of methoxy groups -OCH3 is 1. The number of ether oxygens (including phenoxy) is 2. The third kappa shape index (κ3) is 6.09. The summed E-state index contributed by atoms with van der Waals surface area (Å²) in [5, 5.41) is 8.03. The molecule has 0 unspecified atom stereocenters. The van der Waals surface area contributed by atoms with Gasteiger partial charge in [0.2, 0.25) is 0 Å². The Kier molecular flexibility index (Phi) is 8.60. The lowest BCUT2D eigenvalue weighted by atomic mass is 9.88. The first-order valence-corrected chi connectivity index (χ1v) is 14.2. The summed E-state index contributed by atoms with van der Waals surface area (Å²) in [7, 11) is 1.53. The van der Waals surface area contributed by atoms with Crippen LogP contribution in [0.1, 0.15) is 55.0 Å². The Morgan fingerprint density at radius 3 is 2.65 bits per heavy atom. The van der Waals surface area contributed by atoms with E-state index in [0.717, 1.165) is 41.4 Å². The third-order valence-corrected chi connectivity index (χ3v) is 7.55. The van der Waals surface area contributed by atoms with Crippen LogP contribution in [0.15, 0.2) is 75.0 Å². The van der Waals surface area contributed by atoms with Crippen molar-refractivity contribution in [3.63, 3.8) is 0 Å². The molecular formula is C31H31BrN4O4. The molecule has 0 spiro atoms. The number of carbonyl (C=O) groups excluding carboxylic acids is 1. The number of anilines is 1. The zero-order valence-electron chi connectivity index (χ0n) is 22.5. The maximum Gasteiger partial charge on any atom is 0.282 e. The minimum absolute atomic E-state index is 0.154. The van der Waals surface area contributed by atoms with E-state index in [2.05, 4.69) is 26.3 Å². The van der Waals surface area contributed by atoms with Gasteiger partial charge in [-0.05, 0) is 55.7 Å². The van der Waals surface area contributed by atoms with Gasteiger partial charge in [-0.15, -0.1) is 0 Å². The van der Waals surface area contributed by atoms with Crippen LogP contribution in [0.5, 0.6) is 11.5 Å². The monoisotopic (exact) mass is 602 g/mol. The molecule has 0 radical (unpaired) electrons. The van der Waals surface area contributed by atoms with E-state index in [0.29, 0.717) is 33.8 Å². The smallest absolute Gasteiger partial charge is 0.282 e. The highest BCUT2D eigenvalue weighted by molar-refractivity contribution is 9.10. The molecule has 3 aromatic carbocycles. The number of fused-ring (bicyclic) bond motifs is 1. The second kappa shape index (κ2) is 12.5. The first-order chi connectivity index (χ1) is 19.4. The molecule has 40 heavy (non-hydrogen) atoms. The van der Waals surface area contributed by atoms with Crippen LogP contribution in [0.25, 0.3) is 10.9 Å². The van der Waals surface area contributed by atoms with Crippen LogP contribution in [0.4, 0.5) is 5.69 Å². The molecule has 1 aliphatic rings. The van der Waals surface area contributed by atoms with Gasteiger partial charge in [-0.2, -0.15) is 9.78 Å². The zero-order chi connectivity index (χ0) is 28.1. The Bertz CT molecular complexity index is 1630. The average molecular weight is 604 g/mol. The van der Waals surface area contributed by atoms with Gasteiger partial charge >= 0.3 is 0 Å². The van der Waals surface area contributed by atoms with Gasteiger partial charge in [-0.25, -0.2) is 4.98 Å². The first kappa shape index (κ1) is 27.6. The van der Waals surface area contributed by atoms with Gasteiger partial charge in [0.05, 0.1) is 24.2 Å². The molecule has 0 saturated heterocycles. The molecule has 8 nitrogen and oxygen atoms in total. The molecular weight excluding hydrogens is 572 g/mol. The summed E-state index contributed by atoms with van der Waals surface area (Å²) in [6.45, 7) is 1.69. The second-order valence-corrected chi connectivity index (χ2v) is 10.8. The Balaban J connectivity index is 1.49. The summed E-state index contributed by atoms with van der Waals surface area (Å²) in [6.07, 6.45) is 6.88. The van der Waals surface area contributed by atoms with Crippen molar-refractivity contribution in [2.45, 2.75) is 44.9 Å². The summed E-state index contributed by atoms with van der Waals surface area (Å²) in [4.78, 5) is 31.2. The molecule has 0 bridgehead atoms. The van der Waals surface area contributed by atoms with Gasteiger partial charge in [0.1, 0.15) is 5.82 Å². The maximum atomic E-state index is 13.6. The number of rotatable bonds is 8. The lowest BCUT2D eigenvalue weighted by Crippen LogP contribution is -2.25. The lowest BCUT2D eigenvalue weighted by molar-refractivity contribution is -0.118. The molecule has 1 amide bonds. The number of para-hydroxylation sites is 2. The molecule has 4 aromatic rings. The highest BCUT2D eigenvalue weighted by Crippen LogP contribution is 2.35. The van der Waals surface area contributed by atoms with Crippen LogP contribution in [-0.4, -0.2) is 35.5 Å². The van der Waals surface area contributed by atoms with Gasteiger partial charge in [0.25, 0.3) is 11.5 Å². The lowest BCUT2D eigenvalue weighted by Gasteiger charge is -2.22. The number of nitrogens with zero attached hydrogens (tertiary/aromatic N) is 3. The molecule has 0 atom stereocenters. The Morgan fingerprint density at radius 2 is 1.88 bits per heavy atom. The van der Waals surface area contributed by atoms with E-state index in [1.807, 2.05) is 49.4 Å². The minimum atomic E-state index is -0.309. The number of aromatic nitrogens is 2. The maximum absolute atomic E-state index is 13.6. The van der Waals surface area contributed by atoms with Crippen molar-refractivity contribution in [3.05, 3.63) is 92.4 Å². The molecule has 206 valence electrons. The fourth-order valence-electron chi connectivity index (χ4n) is 5.03. The van der Waals surface area contributed by atoms with Crippen LogP contribution in [0.3, 0.4) is 0 Å². The number of amides is 1. The molecule has 1 aliphatic carbocycles. The number of benzene rings is 3. The molecule has 1 saturated carbocycles. The van der Waals surface area contributed by atoms with Crippen molar-refractivity contribution in [1.29, 1.82) is 0 Å². The number of halogens is 1. The van der Waals surface area contributed by atoms with E-state index < -0.39 is 0 Å². The Labute approximate surface area is 241 Å². The van der Waals surface area contributed by atoms with E-state index in [-0.39, 0.29) is 24.0 Å². The number of aryl methyl sites for hydroxylation is 1. The third-order valence-electron chi connectivity index (χ3n) is 7.10. The van der Waals surface area contributed by atoms with Crippen molar-refractivity contribution in [1.82, 2.24) is 9.66 Å². The highest BCUT2D eigenvalue weighted by Gasteiger charge is 2.23. The largest absolute Gasteiger partial charge is 0.493 e. The van der Waals surface area contributed by atoms with E-state index in [1.54, 1.807) is 24.4 Å². The Morgan fingerprint density at radius 1 is 1.12 bits per heavy atom. The van der Waals surface area contributed by atoms with Crippen LogP contribution >= 0.6 is 15.9 Å². The SMILES string of the molecule is COc1cc(Br)cc(C=Nn2c(C3CCCCC3)nc3ccccc3c2=O)c1OCC(=O)Nc1ccccc1C. The molecule has 0 aliphatic heterocycles. The molecule has 5 rings (SSSR count). The van der Waals surface area contributed by atoms with Crippen molar-refractivity contribution in [3.8, 4) is 11.5 Å². The fraction of sp³-hybridized carbons (Fsp3) is 0.290. The van der Waals surface area contributed by atoms with Crippen molar-refractivity contribution in [2.75, 3.05) is 19.0 Å². The predicted molar refractivity (Wildman–Crippen MR) is 161 cm³/mol. The van der Waals surface area contributed by atoms with E-state index >= 15 is 0 Å². The second-order valence-electron chi connectivity index (χ2n) is 9.86. The number of hydrogen-bond acceptors (Lipinski definition) is 6. The summed E-state index contributed by atoms with van der Waals surface area (Å²) < 4.78 is 13.7. The zero-order valence-corrected chi connectivity index (χ0v) is 24.1. The molecule has 1 N–H and O–H groups in total. The van der Waals surface area contributed by atoms with Crippen LogP contribution in [0, 0.1) is 6.92 Å². The molecule has 9 heteroatoms. The van der Waals surface area contributed by atoms with E-state index in [9.17, 15) is 9.59 Å².